The van der Waals surface area contributed by atoms with E-state index in [1.165, 1.54) is 22.7 Å². The van der Waals surface area contributed by atoms with Gasteiger partial charge in [-0.05, 0) is 54.8 Å². The van der Waals surface area contributed by atoms with E-state index in [-0.39, 0.29) is 24.1 Å². The van der Waals surface area contributed by atoms with E-state index < -0.39 is 6.04 Å². The van der Waals surface area contributed by atoms with Crippen molar-refractivity contribution in [3.05, 3.63) is 101 Å². The number of aryl methyl sites for hydroxylation is 2. The van der Waals surface area contributed by atoms with Crippen molar-refractivity contribution in [1.29, 1.82) is 0 Å². The average molecular weight is 489 g/mol. The second-order valence-corrected chi connectivity index (χ2v) is 9.54. The van der Waals surface area contributed by atoms with E-state index in [2.05, 4.69) is 17.9 Å². The molecule has 0 aliphatic carbocycles. The number of piperazine rings is 1. The quantitative estimate of drug-likeness (QED) is 0.503. The fourth-order valence-electron chi connectivity index (χ4n) is 4.94. The third kappa shape index (κ3) is 4.88. The number of anilines is 1. The molecule has 1 unspecified atom stereocenters. The first kappa shape index (κ1) is 24.1. The molecule has 1 fully saturated rings. The van der Waals surface area contributed by atoms with Crippen LogP contribution < -0.4 is 4.90 Å². The zero-order chi connectivity index (χ0) is 25.2. The van der Waals surface area contributed by atoms with E-state index in [1.54, 1.807) is 30.3 Å². The molecule has 3 aromatic rings. The van der Waals surface area contributed by atoms with Crippen molar-refractivity contribution in [1.82, 2.24) is 9.91 Å². The largest absolute Gasteiger partial charge is 0.367 e. The Morgan fingerprint density at radius 2 is 1.58 bits per heavy atom. The fraction of sp³-hybridized carbons (Fsp3) is 0.310. The molecular weight excluding hydrogens is 458 g/mol. The summed E-state index contributed by atoms with van der Waals surface area (Å²) in [5, 5.41) is 6.18. The van der Waals surface area contributed by atoms with Crippen LogP contribution in [0, 0.1) is 25.5 Å². The van der Waals surface area contributed by atoms with Crippen LogP contribution in [0.4, 0.5) is 14.5 Å². The molecule has 0 bridgehead atoms. The third-order valence-electron chi connectivity index (χ3n) is 7.19. The predicted octanol–water partition coefficient (Wildman–Crippen LogP) is 5.08. The van der Waals surface area contributed by atoms with Gasteiger partial charge in [0.25, 0.3) is 5.91 Å². The smallest absolute Gasteiger partial charge is 0.257 e. The zero-order valence-corrected chi connectivity index (χ0v) is 20.6. The summed E-state index contributed by atoms with van der Waals surface area (Å²) in [6.07, 6.45) is 0.455. The maximum absolute atomic E-state index is 14.8. The van der Waals surface area contributed by atoms with Crippen LogP contribution in [0.15, 0.2) is 71.8 Å². The summed E-state index contributed by atoms with van der Waals surface area (Å²) >= 11 is 0. The Bertz CT molecular complexity index is 1300. The number of benzene rings is 3. The van der Waals surface area contributed by atoms with Gasteiger partial charge >= 0.3 is 0 Å². The first-order valence-electron chi connectivity index (χ1n) is 12.3. The summed E-state index contributed by atoms with van der Waals surface area (Å²) in [7, 11) is 0. The van der Waals surface area contributed by atoms with Gasteiger partial charge in [0.2, 0.25) is 0 Å². The van der Waals surface area contributed by atoms with E-state index in [4.69, 9.17) is 5.10 Å². The highest BCUT2D eigenvalue weighted by Gasteiger charge is 2.35. The van der Waals surface area contributed by atoms with Gasteiger partial charge in [0, 0.05) is 38.2 Å². The number of amides is 1. The first-order valence-corrected chi connectivity index (χ1v) is 12.3. The summed E-state index contributed by atoms with van der Waals surface area (Å²) in [6, 6.07) is 19.0. The van der Waals surface area contributed by atoms with E-state index in [0.29, 0.717) is 43.9 Å². The number of nitrogens with zero attached hydrogens (tertiary/aromatic N) is 4. The second kappa shape index (κ2) is 10.2. The summed E-state index contributed by atoms with van der Waals surface area (Å²) in [4.78, 5) is 17.6. The maximum Gasteiger partial charge on any atom is 0.257 e. The first-order chi connectivity index (χ1) is 17.4. The van der Waals surface area contributed by atoms with Gasteiger partial charge in [-0.15, -0.1) is 0 Å². The van der Waals surface area contributed by atoms with Crippen molar-refractivity contribution in [2.24, 2.45) is 5.10 Å². The highest BCUT2D eigenvalue weighted by Crippen LogP contribution is 2.34. The van der Waals surface area contributed by atoms with Crippen LogP contribution in [0.2, 0.25) is 0 Å². The summed E-state index contributed by atoms with van der Waals surface area (Å²) < 4.78 is 29.0. The minimum atomic E-state index is -0.491. The molecule has 5 nitrogen and oxygen atoms in total. The topological polar surface area (TPSA) is 39.2 Å². The lowest BCUT2D eigenvalue weighted by Crippen LogP contribution is -2.49. The molecule has 0 saturated carbocycles. The molecule has 186 valence electrons. The Labute approximate surface area is 210 Å². The molecule has 0 radical (unpaired) electrons. The number of hydrogen-bond donors (Lipinski definition) is 0. The van der Waals surface area contributed by atoms with Crippen molar-refractivity contribution >= 4 is 17.3 Å². The minimum absolute atomic E-state index is 0.165. The van der Waals surface area contributed by atoms with E-state index >= 15 is 0 Å². The van der Waals surface area contributed by atoms with Gasteiger partial charge in [-0.1, -0.05) is 42.5 Å². The van der Waals surface area contributed by atoms with Crippen molar-refractivity contribution in [3.8, 4) is 0 Å². The normalized spacial score (nSPS) is 18.4. The van der Waals surface area contributed by atoms with Crippen LogP contribution in [0.5, 0.6) is 0 Å². The molecular formula is C29H30F2N4O. The molecule has 1 saturated heterocycles. The van der Waals surface area contributed by atoms with Crippen LogP contribution in [-0.2, 0) is 4.79 Å². The van der Waals surface area contributed by atoms with Gasteiger partial charge in [-0.3, -0.25) is 9.69 Å². The molecule has 3 aromatic carbocycles. The lowest BCUT2D eigenvalue weighted by Gasteiger charge is -2.36. The Morgan fingerprint density at radius 3 is 2.28 bits per heavy atom. The van der Waals surface area contributed by atoms with Gasteiger partial charge in [0.05, 0.1) is 24.0 Å². The van der Waals surface area contributed by atoms with Gasteiger partial charge in [-0.2, -0.15) is 5.10 Å². The van der Waals surface area contributed by atoms with Crippen LogP contribution >= 0.6 is 0 Å². The molecule has 2 aliphatic heterocycles. The monoisotopic (exact) mass is 488 g/mol. The van der Waals surface area contributed by atoms with E-state index in [9.17, 15) is 13.6 Å². The SMILES string of the molecule is Cc1ccc(C2=NN(C(=O)CN3CCN(c4ccccc4F)CC3)C(c3ccccc3F)C2)cc1C. The van der Waals surface area contributed by atoms with Crippen molar-refractivity contribution < 1.29 is 13.6 Å². The maximum atomic E-state index is 14.8. The van der Waals surface area contributed by atoms with Crippen LogP contribution in [0.3, 0.4) is 0 Å². The second-order valence-electron chi connectivity index (χ2n) is 9.54. The number of carbonyl (C=O) groups excluding carboxylic acids is 1. The van der Waals surface area contributed by atoms with Crippen LogP contribution in [0.1, 0.15) is 34.7 Å². The third-order valence-corrected chi connectivity index (χ3v) is 7.19. The zero-order valence-electron chi connectivity index (χ0n) is 20.6. The van der Waals surface area contributed by atoms with Crippen molar-refractivity contribution in [2.75, 3.05) is 37.6 Å². The van der Waals surface area contributed by atoms with E-state index in [1.807, 2.05) is 30.0 Å². The Kier molecular flexibility index (Phi) is 6.83. The average Bonchev–Trinajstić information content (AvgIpc) is 3.32. The summed E-state index contributed by atoms with van der Waals surface area (Å²) in [5.74, 6) is -0.739. The molecule has 5 rings (SSSR count). The van der Waals surface area contributed by atoms with Crippen LogP contribution in [0.25, 0.3) is 0 Å². The number of carbonyl (C=O) groups is 1. The molecule has 36 heavy (non-hydrogen) atoms. The van der Waals surface area contributed by atoms with Crippen molar-refractivity contribution in [3.63, 3.8) is 0 Å². The minimum Gasteiger partial charge on any atom is -0.367 e. The fourth-order valence-corrected chi connectivity index (χ4v) is 4.94. The number of halogens is 2. The summed E-state index contributed by atoms with van der Waals surface area (Å²) in [6.45, 7) is 6.80. The van der Waals surface area contributed by atoms with E-state index in [0.717, 1.165) is 16.8 Å². The van der Waals surface area contributed by atoms with Gasteiger partial charge in [-0.25, -0.2) is 13.8 Å². The van der Waals surface area contributed by atoms with Crippen molar-refractivity contribution in [2.45, 2.75) is 26.3 Å². The predicted molar refractivity (Wildman–Crippen MR) is 138 cm³/mol. The molecule has 7 heteroatoms. The Morgan fingerprint density at radius 1 is 0.889 bits per heavy atom. The Hall–Kier alpha value is -3.58. The number of hydrazone groups is 1. The number of rotatable bonds is 5. The molecule has 1 amide bonds. The molecule has 0 N–H and O–H groups in total. The molecule has 2 heterocycles. The highest BCUT2D eigenvalue weighted by molar-refractivity contribution is 6.03. The lowest BCUT2D eigenvalue weighted by atomic mass is 9.96. The molecule has 2 aliphatic rings. The number of para-hydroxylation sites is 1. The van der Waals surface area contributed by atoms with Gasteiger partial charge in [0.1, 0.15) is 11.6 Å². The van der Waals surface area contributed by atoms with Crippen LogP contribution in [-0.4, -0.2) is 54.3 Å². The van der Waals surface area contributed by atoms with Gasteiger partial charge in [0.15, 0.2) is 0 Å². The summed E-state index contributed by atoms with van der Waals surface area (Å²) in [5.41, 5.74) is 5.13. The lowest BCUT2D eigenvalue weighted by molar-refractivity contribution is -0.134. The van der Waals surface area contributed by atoms with Gasteiger partial charge < -0.3 is 4.90 Å². The standard InChI is InChI=1S/C29H30F2N4O/c1-20-11-12-22(17-21(20)2)26-18-28(23-7-3-4-8-24(23)30)35(32-26)29(36)19-33-13-15-34(16-14-33)27-10-6-5-9-25(27)31/h3-12,17,28H,13-16,18-19H2,1-2H3. The molecule has 0 spiro atoms. The Balaban J connectivity index is 1.33. The highest BCUT2D eigenvalue weighted by atomic mass is 19.1. The number of hydrogen-bond acceptors (Lipinski definition) is 4. The molecule has 0 aromatic heterocycles. The molecule has 1 atom stereocenters.